The van der Waals surface area contributed by atoms with Crippen LogP contribution in [0.1, 0.15) is 17.4 Å². The highest BCUT2D eigenvalue weighted by molar-refractivity contribution is 6.07. The van der Waals surface area contributed by atoms with Gasteiger partial charge in [0.25, 0.3) is 5.91 Å². The molecular formula is C25H26N6O. The third-order valence-corrected chi connectivity index (χ3v) is 5.40. The zero-order valence-electron chi connectivity index (χ0n) is 18.2. The molecule has 1 fully saturated rings. The van der Waals surface area contributed by atoms with Crippen molar-refractivity contribution in [2.24, 2.45) is 4.99 Å². The quantitative estimate of drug-likeness (QED) is 0.491. The summed E-state index contributed by atoms with van der Waals surface area (Å²) >= 11 is 0. The van der Waals surface area contributed by atoms with Crippen LogP contribution in [0.25, 0.3) is 10.9 Å². The highest BCUT2D eigenvalue weighted by Gasteiger charge is 2.21. The lowest BCUT2D eigenvalue weighted by Crippen LogP contribution is -2.49. The molecule has 1 saturated heterocycles. The first-order valence-electron chi connectivity index (χ1n) is 10.5. The molecule has 1 N–H and O–H groups in total. The van der Waals surface area contributed by atoms with Gasteiger partial charge in [0.15, 0.2) is 0 Å². The molecule has 2 aromatic heterocycles. The molecule has 7 nitrogen and oxygen atoms in total. The van der Waals surface area contributed by atoms with Gasteiger partial charge < -0.3 is 15.1 Å². The number of anilines is 2. The van der Waals surface area contributed by atoms with E-state index in [2.05, 4.69) is 43.2 Å². The predicted molar refractivity (Wildman–Crippen MR) is 130 cm³/mol. The highest BCUT2D eigenvalue weighted by atomic mass is 16.1. The van der Waals surface area contributed by atoms with Gasteiger partial charge in [-0.25, -0.2) is 4.99 Å². The average Bonchev–Trinajstić information content (AvgIpc) is 2.83. The summed E-state index contributed by atoms with van der Waals surface area (Å²) < 4.78 is 0. The number of piperazine rings is 1. The molecule has 7 heteroatoms. The van der Waals surface area contributed by atoms with E-state index in [1.54, 1.807) is 18.6 Å². The topological polar surface area (TPSA) is 73.7 Å². The third-order valence-electron chi connectivity index (χ3n) is 5.40. The molecular weight excluding hydrogens is 400 g/mol. The Morgan fingerprint density at radius 2 is 1.88 bits per heavy atom. The number of carbonyl (C=O) groups excluding carboxylic acids is 1. The molecule has 0 aliphatic carbocycles. The number of hydrogen-bond donors (Lipinski definition) is 1. The van der Waals surface area contributed by atoms with Crippen LogP contribution in [0.15, 0.2) is 84.8 Å². The summed E-state index contributed by atoms with van der Waals surface area (Å²) in [5.74, 6) is 0.615. The van der Waals surface area contributed by atoms with Gasteiger partial charge >= 0.3 is 0 Å². The van der Waals surface area contributed by atoms with Crippen molar-refractivity contribution in [2.45, 2.75) is 6.92 Å². The number of para-hydroxylation sites is 1. The SMILES string of the molecule is C=CN=C(C(=C)C)N1CCN(c2ccnc(C(=O)Nc3cccc4cccnc34)c2)CC1. The van der Waals surface area contributed by atoms with Crippen LogP contribution in [0.5, 0.6) is 0 Å². The predicted octanol–water partition coefficient (Wildman–Crippen LogP) is 4.12. The second kappa shape index (κ2) is 9.43. The number of rotatable bonds is 5. The van der Waals surface area contributed by atoms with E-state index < -0.39 is 0 Å². The summed E-state index contributed by atoms with van der Waals surface area (Å²) in [7, 11) is 0. The lowest BCUT2D eigenvalue weighted by atomic mass is 10.2. The van der Waals surface area contributed by atoms with Crippen LogP contribution < -0.4 is 10.2 Å². The summed E-state index contributed by atoms with van der Waals surface area (Å²) in [5.41, 5.74) is 3.68. The molecule has 32 heavy (non-hydrogen) atoms. The number of carbonyl (C=O) groups is 1. The fourth-order valence-corrected chi connectivity index (χ4v) is 3.86. The monoisotopic (exact) mass is 426 g/mol. The first-order chi connectivity index (χ1) is 15.6. The fraction of sp³-hybridized carbons (Fsp3) is 0.200. The van der Waals surface area contributed by atoms with Crippen LogP contribution in [0.3, 0.4) is 0 Å². The number of amidine groups is 1. The largest absolute Gasteiger partial charge is 0.368 e. The summed E-state index contributed by atoms with van der Waals surface area (Å²) in [6.07, 6.45) is 4.95. The number of pyridine rings is 2. The lowest BCUT2D eigenvalue weighted by molar-refractivity contribution is 0.102. The molecule has 0 atom stereocenters. The Morgan fingerprint density at radius 3 is 2.62 bits per heavy atom. The van der Waals surface area contributed by atoms with Gasteiger partial charge in [-0.05, 0) is 36.8 Å². The maximum atomic E-state index is 12.9. The van der Waals surface area contributed by atoms with Gasteiger partial charge in [0, 0.05) is 55.8 Å². The highest BCUT2D eigenvalue weighted by Crippen LogP contribution is 2.22. The number of nitrogens with one attached hydrogen (secondary N) is 1. The average molecular weight is 427 g/mol. The van der Waals surface area contributed by atoms with Gasteiger partial charge in [-0.2, -0.15) is 0 Å². The van der Waals surface area contributed by atoms with Crippen molar-refractivity contribution >= 4 is 34.0 Å². The molecule has 0 unspecified atom stereocenters. The molecule has 3 heterocycles. The van der Waals surface area contributed by atoms with Crippen LogP contribution in [0.4, 0.5) is 11.4 Å². The van der Waals surface area contributed by atoms with Gasteiger partial charge in [-0.1, -0.05) is 31.4 Å². The minimum absolute atomic E-state index is 0.258. The van der Waals surface area contributed by atoms with Gasteiger partial charge in [0.1, 0.15) is 11.5 Å². The lowest BCUT2D eigenvalue weighted by Gasteiger charge is -2.37. The minimum atomic E-state index is -0.258. The zero-order chi connectivity index (χ0) is 22.5. The summed E-state index contributed by atoms with van der Waals surface area (Å²) in [6, 6.07) is 13.3. The maximum Gasteiger partial charge on any atom is 0.274 e. The third kappa shape index (κ3) is 4.51. The number of hydrogen-bond acceptors (Lipinski definition) is 5. The molecule has 0 spiro atoms. The van der Waals surface area contributed by atoms with Gasteiger partial charge in [-0.15, -0.1) is 0 Å². The van der Waals surface area contributed by atoms with Crippen LogP contribution >= 0.6 is 0 Å². The van der Waals surface area contributed by atoms with Crippen LogP contribution in [-0.4, -0.2) is 52.8 Å². The molecule has 162 valence electrons. The molecule has 0 saturated carbocycles. The number of aliphatic imine (C=N–C) groups is 1. The normalized spacial score (nSPS) is 14.3. The number of amides is 1. The first kappa shape index (κ1) is 21.2. The van der Waals surface area contributed by atoms with Crippen LogP contribution in [-0.2, 0) is 0 Å². The zero-order valence-corrected chi connectivity index (χ0v) is 18.2. The van der Waals surface area contributed by atoms with Crippen LogP contribution in [0.2, 0.25) is 0 Å². The van der Waals surface area contributed by atoms with Crippen molar-refractivity contribution in [1.82, 2.24) is 14.9 Å². The second-order valence-electron chi connectivity index (χ2n) is 7.62. The van der Waals surface area contributed by atoms with Gasteiger partial charge in [0.2, 0.25) is 0 Å². The molecule has 1 aromatic carbocycles. The van der Waals surface area contributed by atoms with E-state index in [1.165, 1.54) is 0 Å². The Morgan fingerprint density at radius 1 is 1.09 bits per heavy atom. The molecule has 0 radical (unpaired) electrons. The van der Waals surface area contributed by atoms with Crippen molar-refractivity contribution in [3.63, 3.8) is 0 Å². The Balaban J connectivity index is 1.47. The number of fused-ring (bicyclic) bond motifs is 1. The van der Waals surface area contributed by atoms with Crippen molar-refractivity contribution < 1.29 is 4.79 Å². The van der Waals surface area contributed by atoms with E-state index in [-0.39, 0.29) is 5.91 Å². The smallest absolute Gasteiger partial charge is 0.274 e. The van der Waals surface area contributed by atoms with Gasteiger partial charge in [0.05, 0.1) is 11.2 Å². The standard InChI is InChI=1S/C25H26N6O/c1-4-26-24(18(2)3)31-15-13-30(14-16-31)20-10-12-27-22(17-20)25(32)29-21-9-5-7-19-8-6-11-28-23(19)21/h4-12,17H,1-2,13-16H2,3H3,(H,29,32). The summed E-state index contributed by atoms with van der Waals surface area (Å²) in [6.45, 7) is 12.9. The fourth-order valence-electron chi connectivity index (χ4n) is 3.86. The van der Waals surface area contributed by atoms with Crippen molar-refractivity contribution in [1.29, 1.82) is 0 Å². The van der Waals surface area contributed by atoms with Crippen molar-refractivity contribution in [3.05, 3.63) is 85.5 Å². The molecule has 0 bridgehead atoms. The van der Waals surface area contributed by atoms with E-state index in [1.807, 2.05) is 49.4 Å². The van der Waals surface area contributed by atoms with Crippen molar-refractivity contribution in [2.75, 3.05) is 36.4 Å². The van der Waals surface area contributed by atoms with Gasteiger partial charge in [-0.3, -0.25) is 14.8 Å². The summed E-state index contributed by atoms with van der Waals surface area (Å²) in [4.78, 5) is 30.4. The van der Waals surface area contributed by atoms with Crippen LogP contribution in [0, 0.1) is 0 Å². The minimum Gasteiger partial charge on any atom is -0.368 e. The Labute approximate surface area is 187 Å². The Bertz CT molecular complexity index is 1190. The number of nitrogens with zero attached hydrogens (tertiary/aromatic N) is 5. The Hall–Kier alpha value is -4.00. The maximum absolute atomic E-state index is 12.9. The van der Waals surface area contributed by atoms with E-state index >= 15 is 0 Å². The van der Waals surface area contributed by atoms with E-state index in [4.69, 9.17) is 0 Å². The molecule has 4 rings (SSSR count). The number of aromatic nitrogens is 2. The molecule has 1 aliphatic heterocycles. The number of benzene rings is 1. The summed E-state index contributed by atoms with van der Waals surface area (Å²) in [5, 5.41) is 3.93. The molecule has 1 aliphatic rings. The molecule has 3 aromatic rings. The van der Waals surface area contributed by atoms with Crippen molar-refractivity contribution in [3.8, 4) is 0 Å². The second-order valence-corrected chi connectivity index (χ2v) is 7.62. The Kier molecular flexibility index (Phi) is 6.26. The molecule has 1 amide bonds. The first-order valence-corrected chi connectivity index (χ1v) is 10.5. The van der Waals surface area contributed by atoms with E-state index in [0.717, 1.165) is 54.2 Å². The van der Waals surface area contributed by atoms with E-state index in [9.17, 15) is 4.79 Å². The van der Waals surface area contributed by atoms with E-state index in [0.29, 0.717) is 11.4 Å².